The van der Waals surface area contributed by atoms with Gasteiger partial charge in [0.2, 0.25) is 0 Å². The second-order valence-electron chi connectivity index (χ2n) is 7.43. The molecular weight excluding hydrogens is 439 g/mol. The van der Waals surface area contributed by atoms with Crippen molar-refractivity contribution in [2.24, 2.45) is 0 Å². The van der Waals surface area contributed by atoms with E-state index in [9.17, 15) is 27.9 Å². The Labute approximate surface area is 186 Å². The van der Waals surface area contributed by atoms with Gasteiger partial charge in [-0.05, 0) is 55.5 Å². The van der Waals surface area contributed by atoms with Crippen LogP contribution >= 0.6 is 0 Å². The summed E-state index contributed by atoms with van der Waals surface area (Å²) in [5.41, 5.74) is -0.161. The number of furan rings is 1. The minimum absolute atomic E-state index is 0.0433. The normalized spacial score (nSPS) is 18.1. The molecule has 1 amide bonds. The number of aliphatic hydroxyl groups is 1. The van der Waals surface area contributed by atoms with Crippen LogP contribution in [0.1, 0.15) is 28.5 Å². The monoisotopic (exact) mass is 457 g/mol. The van der Waals surface area contributed by atoms with Gasteiger partial charge in [0, 0.05) is 5.69 Å². The fourth-order valence-electron chi connectivity index (χ4n) is 3.78. The van der Waals surface area contributed by atoms with E-state index in [-0.39, 0.29) is 28.3 Å². The van der Waals surface area contributed by atoms with Crippen molar-refractivity contribution in [3.8, 4) is 5.75 Å². The number of carbonyl (C=O) groups is 2. The van der Waals surface area contributed by atoms with E-state index in [1.807, 2.05) is 0 Å². The van der Waals surface area contributed by atoms with Gasteiger partial charge >= 0.3 is 6.18 Å². The number of aliphatic hydroxyl groups excluding tert-OH is 1. The topological polar surface area (TPSA) is 80.0 Å². The Morgan fingerprint density at radius 1 is 1.09 bits per heavy atom. The molecule has 2 aromatic carbocycles. The molecule has 3 aromatic rings. The summed E-state index contributed by atoms with van der Waals surface area (Å²) in [4.78, 5) is 27.1. The standard InChI is InChI=1S/C24H18F3NO5/c1-13-5-10-17(32-2)16(12-13)21(29)19-20(18-4-3-11-33-18)28(23(31)22(19)30)15-8-6-14(7-9-15)24(25,26)27/h3-12,20,29H,1-2H3/b21-19-. The van der Waals surface area contributed by atoms with Gasteiger partial charge < -0.3 is 14.3 Å². The van der Waals surface area contributed by atoms with Gasteiger partial charge in [0.1, 0.15) is 23.3 Å². The van der Waals surface area contributed by atoms with E-state index in [2.05, 4.69) is 0 Å². The highest BCUT2D eigenvalue weighted by Crippen LogP contribution is 2.44. The summed E-state index contributed by atoms with van der Waals surface area (Å²) >= 11 is 0. The van der Waals surface area contributed by atoms with Crippen LogP contribution in [0.4, 0.5) is 18.9 Å². The van der Waals surface area contributed by atoms with Crippen LogP contribution in [-0.2, 0) is 15.8 Å². The first-order chi connectivity index (χ1) is 15.6. The Kier molecular flexibility index (Phi) is 5.49. The first-order valence-electron chi connectivity index (χ1n) is 9.80. The van der Waals surface area contributed by atoms with Crippen LogP contribution in [0.3, 0.4) is 0 Å². The first kappa shape index (κ1) is 22.2. The molecule has 0 bridgehead atoms. The van der Waals surface area contributed by atoms with Gasteiger partial charge in [-0.2, -0.15) is 13.2 Å². The van der Waals surface area contributed by atoms with Crippen LogP contribution in [0.5, 0.6) is 5.75 Å². The van der Waals surface area contributed by atoms with E-state index in [0.29, 0.717) is 0 Å². The van der Waals surface area contributed by atoms with Gasteiger partial charge in [-0.25, -0.2) is 0 Å². The van der Waals surface area contributed by atoms with E-state index in [4.69, 9.17) is 9.15 Å². The number of benzene rings is 2. The third kappa shape index (κ3) is 3.86. The van der Waals surface area contributed by atoms with Gasteiger partial charge in [-0.1, -0.05) is 11.6 Å². The van der Waals surface area contributed by atoms with Crippen LogP contribution in [-0.4, -0.2) is 23.9 Å². The second kappa shape index (κ2) is 8.16. The lowest BCUT2D eigenvalue weighted by molar-refractivity contribution is -0.137. The Balaban J connectivity index is 1.91. The van der Waals surface area contributed by atoms with Crippen LogP contribution in [0.25, 0.3) is 5.76 Å². The fraction of sp³-hybridized carbons (Fsp3) is 0.167. The van der Waals surface area contributed by atoms with Crippen LogP contribution < -0.4 is 9.64 Å². The highest BCUT2D eigenvalue weighted by Gasteiger charge is 2.48. The van der Waals surface area contributed by atoms with Crippen molar-refractivity contribution in [2.75, 3.05) is 12.0 Å². The molecule has 2 heterocycles. The zero-order valence-corrected chi connectivity index (χ0v) is 17.5. The van der Waals surface area contributed by atoms with Gasteiger partial charge in [0.05, 0.1) is 30.1 Å². The minimum atomic E-state index is -4.56. The number of carbonyl (C=O) groups excluding carboxylic acids is 2. The van der Waals surface area contributed by atoms with E-state index >= 15 is 0 Å². The molecule has 33 heavy (non-hydrogen) atoms. The summed E-state index contributed by atoms with van der Waals surface area (Å²) in [7, 11) is 1.40. The molecule has 1 atom stereocenters. The number of amides is 1. The SMILES string of the molecule is COc1ccc(C)cc1/C(O)=C1/C(=O)C(=O)N(c2ccc(C(F)(F)F)cc2)C1c1ccco1. The van der Waals surface area contributed by atoms with Crippen molar-refractivity contribution in [3.63, 3.8) is 0 Å². The molecule has 1 aromatic heterocycles. The van der Waals surface area contributed by atoms with Crippen molar-refractivity contribution in [1.82, 2.24) is 0 Å². The molecule has 0 radical (unpaired) electrons. The zero-order valence-electron chi connectivity index (χ0n) is 17.5. The second-order valence-corrected chi connectivity index (χ2v) is 7.43. The number of rotatable bonds is 4. The lowest BCUT2D eigenvalue weighted by atomic mass is 9.97. The van der Waals surface area contributed by atoms with Crippen molar-refractivity contribution >= 4 is 23.1 Å². The van der Waals surface area contributed by atoms with E-state index in [1.165, 1.54) is 25.5 Å². The molecule has 0 aliphatic carbocycles. The number of ether oxygens (including phenoxy) is 1. The van der Waals surface area contributed by atoms with E-state index in [1.54, 1.807) is 25.1 Å². The summed E-state index contributed by atoms with van der Waals surface area (Å²) in [6.07, 6.45) is -3.23. The van der Waals surface area contributed by atoms with E-state index < -0.39 is 35.2 Å². The summed E-state index contributed by atoms with van der Waals surface area (Å²) in [5, 5.41) is 11.1. The molecular formula is C24H18F3NO5. The molecule has 1 saturated heterocycles. The predicted octanol–water partition coefficient (Wildman–Crippen LogP) is 5.24. The smallest absolute Gasteiger partial charge is 0.416 e. The average molecular weight is 457 g/mol. The number of anilines is 1. The maximum Gasteiger partial charge on any atom is 0.416 e. The molecule has 1 N–H and O–H groups in total. The number of nitrogens with zero attached hydrogens (tertiary/aromatic N) is 1. The molecule has 170 valence electrons. The number of hydrogen-bond acceptors (Lipinski definition) is 5. The number of aryl methyl sites for hydroxylation is 1. The maximum absolute atomic E-state index is 13.0. The first-order valence-corrected chi connectivity index (χ1v) is 9.80. The fourth-order valence-corrected chi connectivity index (χ4v) is 3.78. The summed E-state index contributed by atoms with van der Waals surface area (Å²) < 4.78 is 49.7. The number of halogens is 3. The zero-order chi connectivity index (χ0) is 23.9. The quantitative estimate of drug-likeness (QED) is 0.329. The molecule has 1 unspecified atom stereocenters. The number of ketones is 1. The highest BCUT2D eigenvalue weighted by atomic mass is 19.4. The van der Waals surface area contributed by atoms with Crippen molar-refractivity contribution < 1.29 is 37.0 Å². The number of methoxy groups -OCH3 is 1. The Morgan fingerprint density at radius 3 is 2.36 bits per heavy atom. The Morgan fingerprint density at radius 2 is 1.79 bits per heavy atom. The lowest BCUT2D eigenvalue weighted by Crippen LogP contribution is -2.29. The number of alkyl halides is 3. The van der Waals surface area contributed by atoms with Crippen molar-refractivity contribution in [3.05, 3.63) is 88.9 Å². The summed E-state index contributed by atoms with van der Waals surface area (Å²) in [5.74, 6) is -2.06. The highest BCUT2D eigenvalue weighted by molar-refractivity contribution is 6.51. The van der Waals surface area contributed by atoms with Gasteiger partial charge in [-0.15, -0.1) is 0 Å². The molecule has 1 aliphatic rings. The molecule has 4 rings (SSSR count). The van der Waals surface area contributed by atoms with Crippen molar-refractivity contribution in [2.45, 2.75) is 19.1 Å². The largest absolute Gasteiger partial charge is 0.507 e. The third-order valence-corrected chi connectivity index (χ3v) is 5.34. The Hall–Kier alpha value is -4.01. The lowest BCUT2D eigenvalue weighted by Gasteiger charge is -2.24. The maximum atomic E-state index is 13.0. The number of hydrogen-bond donors (Lipinski definition) is 1. The molecule has 1 fully saturated rings. The Bertz CT molecular complexity index is 1240. The van der Waals surface area contributed by atoms with Crippen LogP contribution in [0, 0.1) is 6.92 Å². The molecule has 0 saturated carbocycles. The summed E-state index contributed by atoms with van der Waals surface area (Å²) in [6.45, 7) is 1.78. The third-order valence-electron chi connectivity index (χ3n) is 5.34. The van der Waals surface area contributed by atoms with Crippen LogP contribution in [0.15, 0.2) is 70.9 Å². The predicted molar refractivity (Wildman–Crippen MR) is 113 cm³/mol. The van der Waals surface area contributed by atoms with E-state index in [0.717, 1.165) is 34.7 Å². The van der Waals surface area contributed by atoms with Crippen molar-refractivity contribution in [1.29, 1.82) is 0 Å². The minimum Gasteiger partial charge on any atom is -0.507 e. The molecule has 0 spiro atoms. The molecule has 6 nitrogen and oxygen atoms in total. The number of Topliss-reactive ketones (excluding diaryl/α,β-unsaturated/α-hetero) is 1. The van der Waals surface area contributed by atoms with Crippen LogP contribution in [0.2, 0.25) is 0 Å². The molecule has 1 aliphatic heterocycles. The van der Waals surface area contributed by atoms with Gasteiger partial charge in [0.25, 0.3) is 11.7 Å². The molecule has 9 heteroatoms. The van der Waals surface area contributed by atoms with Gasteiger partial charge in [0.15, 0.2) is 0 Å². The average Bonchev–Trinajstić information content (AvgIpc) is 3.40. The summed E-state index contributed by atoms with van der Waals surface area (Å²) in [6, 6.07) is 10.6. The van der Waals surface area contributed by atoms with Gasteiger partial charge in [-0.3, -0.25) is 14.5 Å².